The van der Waals surface area contributed by atoms with Crippen LogP contribution in [0.15, 0.2) is 0 Å². The molecule has 24 heavy (non-hydrogen) atoms. The third-order valence-corrected chi connectivity index (χ3v) is 3.28. The SMILES string of the molecule is CC[C@H](CC(=O)OC(C)(C)C)OC(=O)CCC(=O)[C@H](N)CC(C)C. The number of ether oxygens (including phenoxy) is 2. The zero-order chi connectivity index (χ0) is 18.9. The van der Waals surface area contributed by atoms with Gasteiger partial charge in [-0.15, -0.1) is 0 Å². The minimum absolute atomic E-state index is 0.0142. The Hall–Kier alpha value is -1.43. The molecule has 0 rings (SSSR count). The quantitative estimate of drug-likeness (QED) is 0.613. The van der Waals surface area contributed by atoms with Crippen molar-refractivity contribution in [3.8, 4) is 0 Å². The van der Waals surface area contributed by atoms with Crippen LogP contribution in [0.5, 0.6) is 0 Å². The molecule has 0 aliphatic heterocycles. The summed E-state index contributed by atoms with van der Waals surface area (Å²) in [6, 6.07) is -0.540. The zero-order valence-electron chi connectivity index (χ0n) is 15.9. The average molecular weight is 343 g/mol. The van der Waals surface area contributed by atoms with Crippen LogP contribution in [0, 0.1) is 5.92 Å². The van der Waals surface area contributed by atoms with Crippen LogP contribution in [0.1, 0.15) is 73.6 Å². The highest BCUT2D eigenvalue weighted by Crippen LogP contribution is 2.13. The number of hydrogen-bond acceptors (Lipinski definition) is 6. The van der Waals surface area contributed by atoms with E-state index in [1.807, 2.05) is 20.8 Å². The molecule has 0 bridgehead atoms. The Labute approximate surface area is 145 Å². The summed E-state index contributed by atoms with van der Waals surface area (Å²) < 4.78 is 10.5. The van der Waals surface area contributed by atoms with Gasteiger partial charge in [-0.3, -0.25) is 14.4 Å². The maximum absolute atomic E-state index is 11.9. The summed E-state index contributed by atoms with van der Waals surface area (Å²) in [5, 5.41) is 0. The van der Waals surface area contributed by atoms with Crippen molar-refractivity contribution in [1.82, 2.24) is 0 Å². The van der Waals surface area contributed by atoms with Crippen LogP contribution in [0.2, 0.25) is 0 Å². The molecule has 140 valence electrons. The molecule has 0 unspecified atom stereocenters. The Bertz CT molecular complexity index is 426. The van der Waals surface area contributed by atoms with E-state index in [-0.39, 0.29) is 25.0 Å². The Morgan fingerprint density at radius 3 is 2.08 bits per heavy atom. The van der Waals surface area contributed by atoms with E-state index < -0.39 is 29.7 Å². The van der Waals surface area contributed by atoms with E-state index in [1.165, 1.54) is 0 Å². The molecular weight excluding hydrogens is 310 g/mol. The number of carbonyl (C=O) groups is 3. The molecule has 0 radical (unpaired) electrons. The fraction of sp³-hybridized carbons (Fsp3) is 0.833. The lowest BCUT2D eigenvalue weighted by atomic mass is 9.99. The molecule has 0 aliphatic carbocycles. The number of Topliss-reactive ketones (excluding diaryl/α,β-unsaturated/α-hetero) is 1. The van der Waals surface area contributed by atoms with Crippen LogP contribution in [0.3, 0.4) is 0 Å². The monoisotopic (exact) mass is 343 g/mol. The summed E-state index contributed by atoms with van der Waals surface area (Å²) in [5.74, 6) is -0.706. The van der Waals surface area contributed by atoms with Gasteiger partial charge in [-0.1, -0.05) is 20.8 Å². The molecule has 2 N–H and O–H groups in total. The van der Waals surface area contributed by atoms with Crippen molar-refractivity contribution in [2.24, 2.45) is 11.7 Å². The van der Waals surface area contributed by atoms with Gasteiger partial charge in [0, 0.05) is 6.42 Å². The van der Waals surface area contributed by atoms with E-state index in [9.17, 15) is 14.4 Å². The van der Waals surface area contributed by atoms with Gasteiger partial charge in [0.1, 0.15) is 17.5 Å². The Morgan fingerprint density at radius 2 is 1.62 bits per heavy atom. The van der Waals surface area contributed by atoms with Crippen LogP contribution < -0.4 is 5.73 Å². The smallest absolute Gasteiger partial charge is 0.310 e. The topological polar surface area (TPSA) is 95.7 Å². The number of ketones is 1. The minimum atomic E-state index is -0.571. The van der Waals surface area contributed by atoms with E-state index in [0.717, 1.165) is 0 Å². The van der Waals surface area contributed by atoms with Crippen molar-refractivity contribution in [1.29, 1.82) is 0 Å². The van der Waals surface area contributed by atoms with E-state index in [4.69, 9.17) is 15.2 Å². The molecular formula is C18H33NO5. The van der Waals surface area contributed by atoms with E-state index in [2.05, 4.69) is 0 Å². The number of rotatable bonds is 10. The molecule has 0 aromatic heterocycles. The average Bonchev–Trinajstić information content (AvgIpc) is 2.41. The highest BCUT2D eigenvalue weighted by molar-refractivity contribution is 5.87. The van der Waals surface area contributed by atoms with Crippen molar-refractivity contribution >= 4 is 17.7 Å². The summed E-state index contributed by atoms with van der Waals surface area (Å²) in [5.41, 5.74) is 5.22. The summed E-state index contributed by atoms with van der Waals surface area (Å²) in [6.07, 6.45) is 0.633. The Morgan fingerprint density at radius 1 is 1.04 bits per heavy atom. The Balaban J connectivity index is 4.27. The summed E-state index contributed by atoms with van der Waals surface area (Å²) in [6.45, 7) is 11.2. The first kappa shape index (κ1) is 22.6. The number of nitrogens with two attached hydrogens (primary N) is 1. The van der Waals surface area contributed by atoms with Gasteiger partial charge in [0.25, 0.3) is 0 Å². The van der Waals surface area contributed by atoms with Gasteiger partial charge in [-0.25, -0.2) is 0 Å². The summed E-state index contributed by atoms with van der Waals surface area (Å²) in [4.78, 5) is 35.5. The second-order valence-corrected chi connectivity index (χ2v) is 7.51. The first-order valence-corrected chi connectivity index (χ1v) is 8.64. The van der Waals surface area contributed by atoms with Crippen LogP contribution >= 0.6 is 0 Å². The van der Waals surface area contributed by atoms with Gasteiger partial charge in [-0.05, 0) is 39.5 Å². The second kappa shape index (κ2) is 10.4. The fourth-order valence-corrected chi connectivity index (χ4v) is 2.13. The standard InChI is InChI=1S/C18H33NO5/c1-7-13(11-17(22)24-18(4,5)6)23-16(21)9-8-15(20)14(19)10-12(2)3/h12-14H,7-11,19H2,1-6H3/t13-,14-/m1/s1. The van der Waals surface area contributed by atoms with Crippen molar-refractivity contribution in [2.75, 3.05) is 0 Å². The van der Waals surface area contributed by atoms with E-state index >= 15 is 0 Å². The molecule has 2 atom stereocenters. The molecule has 6 nitrogen and oxygen atoms in total. The molecule has 0 saturated heterocycles. The maximum Gasteiger partial charge on any atom is 0.310 e. The molecule has 0 heterocycles. The summed E-state index contributed by atoms with van der Waals surface area (Å²) in [7, 11) is 0. The largest absolute Gasteiger partial charge is 0.462 e. The molecule has 0 aliphatic rings. The number of carbonyl (C=O) groups excluding carboxylic acids is 3. The molecule has 0 fully saturated rings. The van der Waals surface area contributed by atoms with Crippen LogP contribution in [0.4, 0.5) is 0 Å². The molecule has 6 heteroatoms. The van der Waals surface area contributed by atoms with E-state index in [0.29, 0.717) is 18.8 Å². The van der Waals surface area contributed by atoms with Gasteiger partial charge < -0.3 is 15.2 Å². The fourth-order valence-electron chi connectivity index (χ4n) is 2.13. The normalized spacial score (nSPS) is 14.2. The second-order valence-electron chi connectivity index (χ2n) is 7.51. The number of esters is 2. The third kappa shape index (κ3) is 11.2. The summed E-state index contributed by atoms with van der Waals surface area (Å²) >= 11 is 0. The predicted octanol–water partition coefficient (Wildman–Crippen LogP) is 2.76. The van der Waals surface area contributed by atoms with Gasteiger partial charge in [0.05, 0.1) is 18.9 Å². The van der Waals surface area contributed by atoms with Crippen molar-refractivity contribution in [3.63, 3.8) is 0 Å². The molecule has 0 aromatic carbocycles. The van der Waals surface area contributed by atoms with Gasteiger partial charge in [-0.2, -0.15) is 0 Å². The van der Waals surface area contributed by atoms with Crippen LogP contribution in [-0.4, -0.2) is 35.5 Å². The molecule has 0 saturated carbocycles. The molecule has 0 aromatic rings. The van der Waals surface area contributed by atoms with Gasteiger partial charge in [0.15, 0.2) is 0 Å². The highest BCUT2D eigenvalue weighted by Gasteiger charge is 2.23. The first-order chi connectivity index (χ1) is 10.9. The van der Waals surface area contributed by atoms with E-state index in [1.54, 1.807) is 20.8 Å². The Kier molecular flexibility index (Phi) is 9.82. The third-order valence-electron chi connectivity index (χ3n) is 3.28. The van der Waals surface area contributed by atoms with Crippen LogP contribution in [0.25, 0.3) is 0 Å². The molecule has 0 spiro atoms. The van der Waals surface area contributed by atoms with Gasteiger partial charge >= 0.3 is 11.9 Å². The first-order valence-electron chi connectivity index (χ1n) is 8.64. The lowest BCUT2D eigenvalue weighted by molar-refractivity contribution is -0.162. The lowest BCUT2D eigenvalue weighted by Gasteiger charge is -2.22. The van der Waals surface area contributed by atoms with Crippen molar-refractivity contribution in [3.05, 3.63) is 0 Å². The maximum atomic E-state index is 11.9. The van der Waals surface area contributed by atoms with Crippen molar-refractivity contribution in [2.45, 2.75) is 91.4 Å². The lowest BCUT2D eigenvalue weighted by Crippen LogP contribution is -2.32. The van der Waals surface area contributed by atoms with Crippen LogP contribution in [-0.2, 0) is 23.9 Å². The minimum Gasteiger partial charge on any atom is -0.462 e. The van der Waals surface area contributed by atoms with Gasteiger partial charge in [0.2, 0.25) is 0 Å². The highest BCUT2D eigenvalue weighted by atomic mass is 16.6. The predicted molar refractivity (Wildman–Crippen MR) is 92.3 cm³/mol. The molecule has 0 amide bonds. The van der Waals surface area contributed by atoms with Crippen molar-refractivity contribution < 1.29 is 23.9 Å². The zero-order valence-corrected chi connectivity index (χ0v) is 15.9. The number of hydrogen-bond donors (Lipinski definition) is 1.